The van der Waals surface area contributed by atoms with E-state index in [9.17, 15) is 14.0 Å². The Morgan fingerprint density at radius 2 is 1.89 bits per heavy atom. The van der Waals surface area contributed by atoms with Crippen molar-refractivity contribution in [3.05, 3.63) is 71.8 Å². The topological polar surface area (TPSA) is 78.4 Å². The second-order valence-corrected chi connectivity index (χ2v) is 9.42. The van der Waals surface area contributed by atoms with E-state index in [4.69, 9.17) is 0 Å². The number of aromatic nitrogens is 2. The largest absolute Gasteiger partial charge is 0.325 e. The van der Waals surface area contributed by atoms with Gasteiger partial charge in [0.2, 0.25) is 0 Å². The number of amides is 3. The summed E-state index contributed by atoms with van der Waals surface area (Å²) in [5, 5.41) is 3.01. The molecule has 1 N–H and O–H groups in total. The van der Waals surface area contributed by atoms with Crippen LogP contribution in [0.3, 0.4) is 0 Å². The maximum atomic E-state index is 14.0. The lowest BCUT2D eigenvalue weighted by molar-refractivity contribution is -0.133. The van der Waals surface area contributed by atoms with Crippen molar-refractivity contribution in [3.63, 3.8) is 0 Å². The predicted molar refractivity (Wildman–Crippen MR) is 134 cm³/mol. The first-order chi connectivity index (χ1) is 17.5. The molecule has 2 aliphatic heterocycles. The first-order valence-corrected chi connectivity index (χ1v) is 12.2. The number of fused-ring (bicyclic) bond motifs is 1. The van der Waals surface area contributed by atoms with Gasteiger partial charge < -0.3 is 5.32 Å². The van der Waals surface area contributed by atoms with Crippen LogP contribution in [-0.2, 0) is 17.8 Å². The van der Waals surface area contributed by atoms with Gasteiger partial charge in [-0.3, -0.25) is 24.6 Å². The molecule has 2 aromatic carbocycles. The van der Waals surface area contributed by atoms with Gasteiger partial charge in [0.05, 0.1) is 17.6 Å². The fraction of sp³-hybridized carbons (Fsp3) is 0.357. The molecule has 7 nitrogen and oxygen atoms in total. The molecular formula is C28H28FN5O2. The number of nitrogens with one attached hydrogen (secondary N) is 1. The maximum Gasteiger partial charge on any atom is 0.325 e. The van der Waals surface area contributed by atoms with E-state index >= 15 is 0 Å². The molecule has 3 heterocycles. The van der Waals surface area contributed by atoms with Crippen molar-refractivity contribution >= 4 is 23.0 Å². The van der Waals surface area contributed by atoms with Crippen LogP contribution in [0.5, 0.6) is 0 Å². The number of halogens is 1. The molecule has 3 aromatic rings. The summed E-state index contributed by atoms with van der Waals surface area (Å²) in [6.45, 7) is 4.00. The van der Waals surface area contributed by atoms with Gasteiger partial charge in [-0.25, -0.2) is 9.18 Å². The predicted octanol–water partition coefficient (Wildman–Crippen LogP) is 3.54. The van der Waals surface area contributed by atoms with E-state index in [2.05, 4.69) is 38.1 Å². The molecule has 36 heavy (non-hydrogen) atoms. The number of para-hydroxylation sites is 1. The third kappa shape index (κ3) is 4.54. The molecule has 184 valence electrons. The summed E-state index contributed by atoms with van der Waals surface area (Å²) >= 11 is 0. The molecular weight excluding hydrogens is 457 g/mol. The van der Waals surface area contributed by atoms with Crippen LogP contribution in [0.2, 0.25) is 0 Å². The molecule has 0 aliphatic carbocycles. The highest BCUT2D eigenvalue weighted by molar-refractivity contribution is 6.07. The second-order valence-electron chi connectivity index (χ2n) is 9.42. The van der Waals surface area contributed by atoms with Crippen LogP contribution in [-0.4, -0.2) is 56.9 Å². The Hall–Kier alpha value is -3.83. The zero-order valence-corrected chi connectivity index (χ0v) is 20.2. The van der Waals surface area contributed by atoms with E-state index in [-0.39, 0.29) is 30.6 Å². The lowest BCUT2D eigenvalue weighted by Crippen LogP contribution is -2.57. The van der Waals surface area contributed by atoms with Crippen molar-refractivity contribution in [3.8, 4) is 11.8 Å². The molecule has 1 atom stereocenters. The minimum atomic E-state index is -1.11. The normalized spacial score (nSPS) is 20.9. The summed E-state index contributed by atoms with van der Waals surface area (Å²) in [4.78, 5) is 39.0. The average molecular weight is 486 g/mol. The van der Waals surface area contributed by atoms with Gasteiger partial charge in [0, 0.05) is 25.4 Å². The maximum absolute atomic E-state index is 14.0. The van der Waals surface area contributed by atoms with Crippen LogP contribution < -0.4 is 5.32 Å². The minimum Gasteiger partial charge on any atom is -0.322 e. The molecule has 0 unspecified atom stereocenters. The molecule has 2 saturated heterocycles. The summed E-state index contributed by atoms with van der Waals surface area (Å²) in [5.41, 5.74) is 2.45. The van der Waals surface area contributed by atoms with Crippen molar-refractivity contribution in [1.29, 1.82) is 0 Å². The number of hydrogen-bond donors (Lipinski definition) is 1. The van der Waals surface area contributed by atoms with E-state index in [1.165, 1.54) is 17.0 Å². The Morgan fingerprint density at radius 3 is 2.67 bits per heavy atom. The number of benzene rings is 2. The number of imide groups is 1. The Kier molecular flexibility index (Phi) is 6.66. The first kappa shape index (κ1) is 23.9. The molecule has 5 rings (SSSR count). The Morgan fingerprint density at radius 1 is 1.11 bits per heavy atom. The number of nitrogens with zero attached hydrogens (tertiary/aromatic N) is 4. The summed E-state index contributed by atoms with van der Waals surface area (Å²) in [7, 11) is 0. The molecule has 0 radical (unpaired) electrons. The standard InChI is InChI=1S/C28H28FN5O2/c1-2-3-14-34-26(35)28(32-27(34)36,18-20-6-4-8-23(29)17-20)22-10-15-33(16-11-22)19-21-7-5-9-24-25(21)31-13-12-30-24/h4-9,12-13,17,22H,10-11,14-16,18-19H2,1H3,(H,32,36)/t28-/m1/s1. The zero-order chi connectivity index (χ0) is 25.1. The molecule has 8 heteroatoms. The van der Waals surface area contributed by atoms with Crippen LogP contribution in [0.1, 0.15) is 30.9 Å². The van der Waals surface area contributed by atoms with Crippen molar-refractivity contribution in [2.24, 2.45) is 5.92 Å². The van der Waals surface area contributed by atoms with Gasteiger partial charge in [0.25, 0.3) is 5.91 Å². The fourth-order valence-corrected chi connectivity index (χ4v) is 5.46. The van der Waals surface area contributed by atoms with Crippen LogP contribution in [0.25, 0.3) is 11.0 Å². The van der Waals surface area contributed by atoms with E-state index in [1.807, 2.05) is 12.1 Å². The van der Waals surface area contributed by atoms with Gasteiger partial charge in [0.1, 0.15) is 11.4 Å². The smallest absolute Gasteiger partial charge is 0.322 e. The highest BCUT2D eigenvalue weighted by atomic mass is 19.1. The Bertz CT molecular complexity index is 1350. The lowest BCUT2D eigenvalue weighted by atomic mass is 9.74. The van der Waals surface area contributed by atoms with E-state index in [0.29, 0.717) is 5.56 Å². The lowest BCUT2D eigenvalue weighted by Gasteiger charge is -2.41. The molecule has 2 aliphatic rings. The van der Waals surface area contributed by atoms with Crippen LogP contribution >= 0.6 is 0 Å². The monoisotopic (exact) mass is 485 g/mol. The third-order valence-electron chi connectivity index (χ3n) is 7.25. The number of carbonyl (C=O) groups is 2. The van der Waals surface area contributed by atoms with E-state index in [1.54, 1.807) is 31.5 Å². The number of likely N-dealkylation sites (tertiary alicyclic amines) is 1. The average Bonchev–Trinajstić information content (AvgIpc) is 3.12. The second kappa shape index (κ2) is 10.0. The van der Waals surface area contributed by atoms with Gasteiger partial charge in [-0.05, 0) is 68.1 Å². The van der Waals surface area contributed by atoms with Crippen LogP contribution in [0.15, 0.2) is 54.9 Å². The highest BCUT2D eigenvalue weighted by Crippen LogP contribution is 2.37. The number of hydrogen-bond acceptors (Lipinski definition) is 5. The van der Waals surface area contributed by atoms with Gasteiger partial charge in [-0.1, -0.05) is 30.2 Å². The minimum absolute atomic E-state index is 0.0486. The fourth-order valence-electron chi connectivity index (χ4n) is 5.46. The Balaban J connectivity index is 1.37. The van der Waals surface area contributed by atoms with Crippen molar-refractivity contribution < 1.29 is 14.0 Å². The zero-order valence-electron chi connectivity index (χ0n) is 20.2. The molecule has 3 amide bonds. The van der Waals surface area contributed by atoms with Gasteiger partial charge in [0.15, 0.2) is 0 Å². The molecule has 0 spiro atoms. The molecule has 1 aromatic heterocycles. The van der Waals surface area contributed by atoms with Crippen molar-refractivity contribution in [1.82, 2.24) is 25.1 Å². The SMILES string of the molecule is CC#CCN1C(=O)N[C@](Cc2cccc(F)c2)(C2CCN(Cc3cccc4nccnc34)CC2)C1=O. The quantitative estimate of drug-likeness (QED) is 0.427. The number of urea groups is 1. The number of piperidine rings is 1. The van der Waals surface area contributed by atoms with E-state index < -0.39 is 11.6 Å². The molecule has 0 bridgehead atoms. The molecule has 0 saturated carbocycles. The van der Waals surface area contributed by atoms with Gasteiger partial charge >= 0.3 is 6.03 Å². The van der Waals surface area contributed by atoms with Crippen molar-refractivity contribution in [2.75, 3.05) is 19.6 Å². The Labute approximate surface area is 209 Å². The summed E-state index contributed by atoms with van der Waals surface area (Å²) in [5.74, 6) is 4.86. The van der Waals surface area contributed by atoms with Gasteiger partial charge in [-0.2, -0.15) is 0 Å². The van der Waals surface area contributed by atoms with Crippen molar-refractivity contribution in [2.45, 2.75) is 38.3 Å². The van der Waals surface area contributed by atoms with E-state index in [0.717, 1.165) is 49.1 Å². The first-order valence-electron chi connectivity index (χ1n) is 12.2. The number of carbonyl (C=O) groups excluding carboxylic acids is 2. The van der Waals surface area contributed by atoms with Crippen LogP contribution in [0, 0.1) is 23.6 Å². The summed E-state index contributed by atoms with van der Waals surface area (Å²) < 4.78 is 14.0. The highest BCUT2D eigenvalue weighted by Gasteiger charge is 2.55. The molecule has 2 fully saturated rings. The van der Waals surface area contributed by atoms with Gasteiger partial charge in [-0.15, -0.1) is 5.92 Å². The third-order valence-corrected chi connectivity index (χ3v) is 7.25. The van der Waals surface area contributed by atoms with Crippen LogP contribution in [0.4, 0.5) is 9.18 Å². The number of rotatable bonds is 6. The summed E-state index contributed by atoms with van der Waals surface area (Å²) in [6.07, 6.45) is 5.10. The summed E-state index contributed by atoms with van der Waals surface area (Å²) in [6, 6.07) is 11.8.